The molecule has 8 heteroatoms. The molecule has 1 unspecified atom stereocenters. The summed E-state index contributed by atoms with van der Waals surface area (Å²) in [6.45, 7) is 5.64. The van der Waals surface area contributed by atoms with Gasteiger partial charge in [-0.15, -0.1) is 0 Å². The molecule has 17 heavy (non-hydrogen) atoms. The topological polar surface area (TPSA) is 53.0 Å². The van der Waals surface area contributed by atoms with E-state index in [0.29, 0.717) is 10.3 Å². The summed E-state index contributed by atoms with van der Waals surface area (Å²) < 4.78 is 24.2. The smallest absolute Gasteiger partial charge is 0.248 e. The number of thioether (sulfide) groups is 1. The first kappa shape index (κ1) is 14.7. The molecule has 0 amide bonds. The highest BCUT2D eigenvalue weighted by molar-refractivity contribution is 8.26. The van der Waals surface area contributed by atoms with Crippen molar-refractivity contribution >= 4 is 44.3 Å². The first-order valence-electron chi connectivity index (χ1n) is 5.17. The van der Waals surface area contributed by atoms with Gasteiger partial charge in [0.15, 0.2) is 10.3 Å². The van der Waals surface area contributed by atoms with Crippen LogP contribution in [0.25, 0.3) is 0 Å². The predicted octanol–water partition coefficient (Wildman–Crippen LogP) is 1.32. The molecule has 1 fully saturated rings. The average Bonchev–Trinajstić information content (AvgIpc) is 2.41. The maximum atomic E-state index is 11.8. The largest absolute Gasteiger partial charge is 0.348 e. The van der Waals surface area contributed by atoms with Crippen LogP contribution in [0.3, 0.4) is 0 Å². The lowest BCUT2D eigenvalue weighted by molar-refractivity contribution is 0.420. The lowest BCUT2D eigenvalue weighted by Gasteiger charge is -2.21. The molecule has 1 aliphatic rings. The van der Waals surface area contributed by atoms with E-state index in [1.165, 1.54) is 23.1 Å². The van der Waals surface area contributed by atoms with Gasteiger partial charge in [-0.3, -0.25) is 4.31 Å². The first-order chi connectivity index (χ1) is 7.67. The standard InChI is InChI=1S/C9H17N3O2S3/c1-6(2)11(4)8(15)10-9-12(5)17(13,14)7(3)16-9/h6-7H,1-5H3. The average molecular weight is 295 g/mol. The maximum absolute atomic E-state index is 11.8. The van der Waals surface area contributed by atoms with Gasteiger partial charge in [-0.2, -0.15) is 4.99 Å². The minimum Gasteiger partial charge on any atom is -0.348 e. The number of thiocarbonyl (C=S) groups is 1. The Labute approximate surface area is 112 Å². The quantitative estimate of drug-likeness (QED) is 0.683. The normalized spacial score (nSPS) is 25.6. The second kappa shape index (κ2) is 5.11. The van der Waals surface area contributed by atoms with Gasteiger partial charge in [0.2, 0.25) is 10.0 Å². The second-order valence-corrected chi connectivity index (χ2v) is 8.34. The third kappa shape index (κ3) is 2.92. The van der Waals surface area contributed by atoms with Crippen LogP contribution < -0.4 is 0 Å². The molecule has 0 aromatic rings. The van der Waals surface area contributed by atoms with Crippen LogP contribution in [-0.2, 0) is 10.0 Å². The van der Waals surface area contributed by atoms with Crippen LogP contribution in [0.2, 0.25) is 0 Å². The van der Waals surface area contributed by atoms with Gasteiger partial charge in [0, 0.05) is 20.1 Å². The van der Waals surface area contributed by atoms with E-state index in [9.17, 15) is 8.42 Å². The third-order valence-electron chi connectivity index (χ3n) is 2.61. The van der Waals surface area contributed by atoms with Crippen LogP contribution in [0.5, 0.6) is 0 Å². The Hall–Kier alpha value is -0.340. The summed E-state index contributed by atoms with van der Waals surface area (Å²) in [6.07, 6.45) is 0. The molecule has 0 aromatic carbocycles. The first-order valence-corrected chi connectivity index (χ1v) is 7.97. The van der Waals surface area contributed by atoms with E-state index in [1.54, 1.807) is 6.92 Å². The van der Waals surface area contributed by atoms with Crippen molar-refractivity contribution in [2.45, 2.75) is 31.4 Å². The van der Waals surface area contributed by atoms with Crippen LogP contribution in [0, 0.1) is 0 Å². The highest BCUT2D eigenvalue weighted by atomic mass is 32.3. The summed E-state index contributed by atoms with van der Waals surface area (Å²) in [5, 5.41) is 0.841. The summed E-state index contributed by atoms with van der Waals surface area (Å²) >= 11 is 6.37. The molecule has 0 bridgehead atoms. The van der Waals surface area contributed by atoms with Crippen molar-refractivity contribution in [3.63, 3.8) is 0 Å². The minimum atomic E-state index is -3.26. The van der Waals surface area contributed by atoms with E-state index < -0.39 is 14.6 Å². The summed E-state index contributed by atoms with van der Waals surface area (Å²) in [5.74, 6) is 0. The minimum absolute atomic E-state index is 0.234. The van der Waals surface area contributed by atoms with Crippen molar-refractivity contribution in [1.29, 1.82) is 0 Å². The van der Waals surface area contributed by atoms with Gasteiger partial charge in [0.1, 0.15) is 4.58 Å². The lowest BCUT2D eigenvalue weighted by Crippen LogP contribution is -2.33. The van der Waals surface area contributed by atoms with E-state index >= 15 is 0 Å². The number of nitrogens with zero attached hydrogens (tertiary/aromatic N) is 3. The van der Waals surface area contributed by atoms with Crippen molar-refractivity contribution in [3.05, 3.63) is 0 Å². The van der Waals surface area contributed by atoms with Gasteiger partial charge in [-0.05, 0) is 33.0 Å². The molecule has 0 radical (unpaired) electrons. The van der Waals surface area contributed by atoms with Crippen LogP contribution in [0.1, 0.15) is 20.8 Å². The van der Waals surface area contributed by atoms with Gasteiger partial charge in [0.05, 0.1) is 0 Å². The molecular weight excluding hydrogens is 278 g/mol. The monoisotopic (exact) mass is 295 g/mol. The third-order valence-corrected chi connectivity index (χ3v) is 6.81. The Morgan fingerprint density at radius 2 is 2.12 bits per heavy atom. The number of hydrogen-bond acceptors (Lipinski definition) is 4. The van der Waals surface area contributed by atoms with Gasteiger partial charge in [0.25, 0.3) is 0 Å². The predicted molar refractivity (Wildman–Crippen MR) is 76.7 cm³/mol. The van der Waals surface area contributed by atoms with Crippen LogP contribution >= 0.6 is 24.0 Å². The molecule has 1 atom stereocenters. The number of aliphatic imine (C=N–C) groups is 1. The molecule has 1 rings (SSSR count). The Bertz CT molecular complexity index is 444. The fourth-order valence-electron chi connectivity index (χ4n) is 1.09. The Balaban J connectivity index is 2.93. The van der Waals surface area contributed by atoms with E-state index in [4.69, 9.17) is 12.2 Å². The molecule has 0 aromatic heterocycles. The molecule has 0 aliphatic carbocycles. The highest BCUT2D eigenvalue weighted by Crippen LogP contribution is 2.31. The lowest BCUT2D eigenvalue weighted by atomic mass is 10.4. The van der Waals surface area contributed by atoms with E-state index in [-0.39, 0.29) is 6.04 Å². The van der Waals surface area contributed by atoms with Crippen molar-refractivity contribution < 1.29 is 8.42 Å². The second-order valence-electron chi connectivity index (χ2n) is 4.08. The Morgan fingerprint density at radius 1 is 1.59 bits per heavy atom. The van der Waals surface area contributed by atoms with Gasteiger partial charge < -0.3 is 4.90 Å². The molecule has 1 aliphatic heterocycles. The maximum Gasteiger partial charge on any atom is 0.248 e. The fourth-order valence-corrected chi connectivity index (χ4v) is 4.31. The summed E-state index contributed by atoms with van der Waals surface area (Å²) in [6, 6.07) is 0.234. The molecule has 0 saturated carbocycles. The molecule has 1 saturated heterocycles. The summed E-state index contributed by atoms with van der Waals surface area (Å²) in [5.41, 5.74) is 0. The van der Waals surface area contributed by atoms with Crippen LogP contribution in [0.15, 0.2) is 4.99 Å². The van der Waals surface area contributed by atoms with E-state index in [0.717, 1.165) is 0 Å². The summed E-state index contributed by atoms with van der Waals surface area (Å²) in [4.78, 5) is 6.03. The van der Waals surface area contributed by atoms with Crippen molar-refractivity contribution in [3.8, 4) is 0 Å². The summed E-state index contributed by atoms with van der Waals surface area (Å²) in [7, 11) is 0.0874. The number of rotatable bonds is 1. The van der Waals surface area contributed by atoms with Gasteiger partial charge >= 0.3 is 0 Å². The van der Waals surface area contributed by atoms with Crippen molar-refractivity contribution in [2.75, 3.05) is 14.1 Å². The SMILES string of the molecule is CC(C)N(C)C(=S)N=C1SC(C)S(=O)(=O)N1C. The van der Waals surface area contributed by atoms with Gasteiger partial charge in [-0.1, -0.05) is 11.8 Å². The Morgan fingerprint density at radius 3 is 2.47 bits per heavy atom. The molecule has 1 heterocycles. The number of sulfonamides is 1. The van der Waals surface area contributed by atoms with Crippen LogP contribution in [-0.4, -0.2) is 52.6 Å². The van der Waals surface area contributed by atoms with Crippen molar-refractivity contribution in [1.82, 2.24) is 9.21 Å². The highest BCUT2D eigenvalue weighted by Gasteiger charge is 2.38. The fraction of sp³-hybridized carbons (Fsp3) is 0.778. The Kier molecular flexibility index (Phi) is 4.43. The zero-order chi connectivity index (χ0) is 13.4. The van der Waals surface area contributed by atoms with Crippen molar-refractivity contribution in [2.24, 2.45) is 4.99 Å². The molecule has 98 valence electrons. The number of amidine groups is 1. The van der Waals surface area contributed by atoms with Crippen LogP contribution in [0.4, 0.5) is 0 Å². The molecule has 5 nitrogen and oxygen atoms in total. The van der Waals surface area contributed by atoms with E-state index in [2.05, 4.69) is 4.99 Å². The van der Waals surface area contributed by atoms with Gasteiger partial charge in [-0.25, -0.2) is 8.42 Å². The molecular formula is C9H17N3O2S3. The molecule has 0 spiro atoms. The molecule has 0 N–H and O–H groups in total. The zero-order valence-corrected chi connectivity index (χ0v) is 13.0. The number of hydrogen-bond donors (Lipinski definition) is 0. The van der Waals surface area contributed by atoms with E-state index in [1.807, 2.05) is 25.8 Å². The zero-order valence-electron chi connectivity index (χ0n) is 10.5.